The van der Waals surface area contributed by atoms with Crippen LogP contribution >= 0.6 is 0 Å². The summed E-state index contributed by atoms with van der Waals surface area (Å²) in [7, 11) is 5.94. The van der Waals surface area contributed by atoms with E-state index in [1.54, 1.807) is 0 Å². The molecule has 0 aliphatic heterocycles. The van der Waals surface area contributed by atoms with Gasteiger partial charge in [0, 0.05) is 12.8 Å². The van der Waals surface area contributed by atoms with Gasteiger partial charge in [0.05, 0.1) is 40.3 Å². The first kappa shape index (κ1) is 71.8. The van der Waals surface area contributed by atoms with Crippen molar-refractivity contribution in [3.05, 3.63) is 24.3 Å². The Morgan fingerprint density at radius 3 is 1.07 bits per heavy atom. The second-order valence-corrected chi connectivity index (χ2v) is 23.1. The van der Waals surface area contributed by atoms with E-state index in [-0.39, 0.29) is 32.2 Å². The number of aliphatic carboxylic acids is 1. The Kier molecular flexibility index (Phi) is 55.2. The summed E-state index contributed by atoms with van der Waals surface area (Å²) in [5, 5.41) is 11.8. The number of unbranched alkanes of at least 4 members (excludes halogenated alkanes) is 41. The number of carboxylic acids is 1. The Balaban J connectivity index is 4.14. The highest BCUT2D eigenvalue weighted by molar-refractivity contribution is 5.70. The highest BCUT2D eigenvalue weighted by Gasteiger charge is 2.22. The Morgan fingerprint density at radius 1 is 0.405 bits per heavy atom. The minimum absolute atomic E-state index is 0.151. The number of carbonyl (C=O) groups is 3. The molecule has 0 saturated heterocycles. The fourth-order valence-corrected chi connectivity index (χ4v) is 9.51. The van der Waals surface area contributed by atoms with Crippen LogP contribution in [0.4, 0.5) is 0 Å². The normalized spacial score (nSPS) is 12.8. The van der Waals surface area contributed by atoms with E-state index >= 15 is 0 Å². The molecule has 0 amide bonds. The van der Waals surface area contributed by atoms with Crippen molar-refractivity contribution in [2.24, 2.45) is 0 Å². The standard InChI is InChI=1S/C65H123NO8/c1-6-8-10-12-14-16-18-20-22-24-26-28-30-31-32-33-34-36-38-40-42-44-46-48-50-52-54-56-63(68)74-61(60-73-65(64(69)70)71-58-57-66(3,4)5)59-72-62(67)55-53-51-49-47-45-43-41-39-37-35-29-27-25-23-21-19-17-15-13-11-9-7-2/h18,20,24,26,61,65H,6-17,19,21-23,25,27-60H2,1-5H3/b20-18-,26-24-. The lowest BCUT2D eigenvalue weighted by atomic mass is 10.0. The first-order chi connectivity index (χ1) is 36.1. The minimum Gasteiger partial charge on any atom is -0.545 e. The zero-order valence-corrected chi connectivity index (χ0v) is 49.7. The number of ether oxygens (including phenoxy) is 4. The third kappa shape index (κ3) is 57.5. The number of allylic oxidation sites excluding steroid dienone is 4. The highest BCUT2D eigenvalue weighted by Crippen LogP contribution is 2.18. The molecule has 0 radical (unpaired) electrons. The molecule has 0 fully saturated rings. The van der Waals surface area contributed by atoms with Gasteiger partial charge in [0.15, 0.2) is 12.4 Å². The third-order valence-electron chi connectivity index (χ3n) is 14.5. The summed E-state index contributed by atoms with van der Waals surface area (Å²) in [6.07, 6.45) is 65.2. The van der Waals surface area contributed by atoms with Gasteiger partial charge in [-0.3, -0.25) is 9.59 Å². The van der Waals surface area contributed by atoms with Crippen molar-refractivity contribution in [1.82, 2.24) is 0 Å². The Morgan fingerprint density at radius 2 is 0.730 bits per heavy atom. The lowest BCUT2D eigenvalue weighted by molar-refractivity contribution is -0.870. The molecule has 0 heterocycles. The van der Waals surface area contributed by atoms with Gasteiger partial charge in [0.1, 0.15) is 13.2 Å². The number of hydrogen-bond donors (Lipinski definition) is 0. The van der Waals surface area contributed by atoms with Crippen LogP contribution in [0.3, 0.4) is 0 Å². The molecular weight excluding hydrogens is 923 g/mol. The number of nitrogens with zero attached hydrogens (tertiary/aromatic N) is 1. The van der Waals surface area contributed by atoms with Crippen molar-refractivity contribution < 1.29 is 42.9 Å². The van der Waals surface area contributed by atoms with Crippen molar-refractivity contribution in [2.75, 3.05) is 47.5 Å². The summed E-state index contributed by atoms with van der Waals surface area (Å²) in [5.74, 6) is -2.26. The van der Waals surface area contributed by atoms with Gasteiger partial charge in [-0.2, -0.15) is 0 Å². The van der Waals surface area contributed by atoms with E-state index in [1.165, 1.54) is 244 Å². The lowest BCUT2D eigenvalue weighted by Gasteiger charge is -2.26. The molecule has 0 aromatic rings. The summed E-state index contributed by atoms with van der Waals surface area (Å²) < 4.78 is 22.8. The van der Waals surface area contributed by atoms with Crippen molar-refractivity contribution in [1.29, 1.82) is 0 Å². The zero-order chi connectivity index (χ0) is 54.1. The summed E-state index contributed by atoms with van der Waals surface area (Å²) in [6, 6.07) is 0. The summed E-state index contributed by atoms with van der Waals surface area (Å²) >= 11 is 0. The molecular formula is C65H123NO8. The Bertz CT molecular complexity index is 1260. The summed E-state index contributed by atoms with van der Waals surface area (Å²) in [6.45, 7) is 4.80. The fourth-order valence-electron chi connectivity index (χ4n) is 9.51. The first-order valence-corrected chi connectivity index (χ1v) is 32.0. The monoisotopic (exact) mass is 1050 g/mol. The van der Waals surface area contributed by atoms with E-state index < -0.39 is 24.3 Å². The zero-order valence-electron chi connectivity index (χ0n) is 49.7. The van der Waals surface area contributed by atoms with Gasteiger partial charge >= 0.3 is 11.9 Å². The van der Waals surface area contributed by atoms with Crippen LogP contribution in [0.5, 0.6) is 0 Å². The number of esters is 2. The fraction of sp³-hybridized carbons (Fsp3) is 0.892. The number of rotatable bonds is 60. The van der Waals surface area contributed by atoms with E-state index in [2.05, 4.69) is 38.2 Å². The summed E-state index contributed by atoms with van der Waals surface area (Å²) in [5.41, 5.74) is 0. The van der Waals surface area contributed by atoms with Crippen LogP contribution in [0.25, 0.3) is 0 Å². The topological polar surface area (TPSA) is 111 Å². The summed E-state index contributed by atoms with van der Waals surface area (Å²) in [4.78, 5) is 37.4. The molecule has 0 bridgehead atoms. The smallest absolute Gasteiger partial charge is 0.306 e. The maximum atomic E-state index is 12.9. The van der Waals surface area contributed by atoms with Gasteiger partial charge < -0.3 is 33.3 Å². The van der Waals surface area contributed by atoms with Gasteiger partial charge in [-0.05, 0) is 44.9 Å². The number of likely N-dealkylation sites (N-methyl/N-ethyl adjacent to an activating group) is 1. The third-order valence-corrected chi connectivity index (χ3v) is 14.5. The maximum absolute atomic E-state index is 12.9. The van der Waals surface area contributed by atoms with Crippen LogP contribution in [0.15, 0.2) is 24.3 Å². The van der Waals surface area contributed by atoms with Crippen LogP contribution in [-0.4, -0.2) is 82.3 Å². The van der Waals surface area contributed by atoms with E-state index in [4.69, 9.17) is 18.9 Å². The Hall–Kier alpha value is -2.23. The number of quaternary nitrogens is 1. The SMILES string of the molecule is CCCCCCC/C=C\C/C=C\CCCCCCCCCCCCCCCCCC(=O)OC(COC(=O)CCCCCCCCCCCCCCCCCCCCCCCC)COC(OCC[N+](C)(C)C)C(=O)[O-]. The molecule has 0 aromatic carbocycles. The van der Waals surface area contributed by atoms with Crippen LogP contribution in [-0.2, 0) is 33.3 Å². The van der Waals surface area contributed by atoms with Gasteiger partial charge in [-0.25, -0.2) is 0 Å². The van der Waals surface area contributed by atoms with Crippen LogP contribution in [0.1, 0.15) is 316 Å². The molecule has 2 atom stereocenters. The van der Waals surface area contributed by atoms with Crippen LogP contribution in [0.2, 0.25) is 0 Å². The molecule has 0 rings (SSSR count). The van der Waals surface area contributed by atoms with Crippen molar-refractivity contribution in [3.63, 3.8) is 0 Å². The molecule has 2 unspecified atom stereocenters. The average molecular weight is 1050 g/mol. The molecule has 0 saturated carbocycles. The van der Waals surface area contributed by atoms with Crippen LogP contribution in [0, 0.1) is 0 Å². The number of carbonyl (C=O) groups excluding carboxylic acids is 3. The molecule has 9 nitrogen and oxygen atoms in total. The van der Waals surface area contributed by atoms with E-state index in [0.717, 1.165) is 44.9 Å². The highest BCUT2D eigenvalue weighted by atomic mass is 16.7. The average Bonchev–Trinajstić information content (AvgIpc) is 3.37. The van der Waals surface area contributed by atoms with Crippen molar-refractivity contribution in [2.45, 2.75) is 328 Å². The minimum atomic E-state index is -1.62. The Labute approximate surface area is 458 Å². The lowest BCUT2D eigenvalue weighted by Crippen LogP contribution is -2.44. The second-order valence-electron chi connectivity index (χ2n) is 23.1. The molecule has 436 valence electrons. The quantitative estimate of drug-likeness (QED) is 0.0195. The van der Waals surface area contributed by atoms with Gasteiger partial charge in [0.25, 0.3) is 0 Å². The van der Waals surface area contributed by atoms with Gasteiger partial charge in [0.2, 0.25) is 0 Å². The van der Waals surface area contributed by atoms with E-state index in [1.807, 2.05) is 21.1 Å². The molecule has 0 spiro atoms. The van der Waals surface area contributed by atoms with E-state index in [0.29, 0.717) is 17.4 Å². The van der Waals surface area contributed by atoms with E-state index in [9.17, 15) is 19.5 Å². The van der Waals surface area contributed by atoms with Gasteiger partial charge in [-0.1, -0.05) is 282 Å². The van der Waals surface area contributed by atoms with Crippen molar-refractivity contribution >= 4 is 17.9 Å². The first-order valence-electron chi connectivity index (χ1n) is 32.0. The molecule has 74 heavy (non-hydrogen) atoms. The molecule has 0 aliphatic carbocycles. The molecule has 0 aromatic heterocycles. The van der Waals surface area contributed by atoms with Crippen molar-refractivity contribution in [3.8, 4) is 0 Å². The molecule has 0 aliphatic rings. The van der Waals surface area contributed by atoms with Gasteiger partial charge in [-0.15, -0.1) is 0 Å². The number of carboxylic acid groups (broad SMARTS) is 1. The molecule has 9 heteroatoms. The maximum Gasteiger partial charge on any atom is 0.306 e. The number of hydrogen-bond acceptors (Lipinski definition) is 8. The predicted molar refractivity (Wildman–Crippen MR) is 311 cm³/mol. The molecule has 0 N–H and O–H groups in total. The van der Waals surface area contributed by atoms with Crippen LogP contribution < -0.4 is 5.11 Å². The largest absolute Gasteiger partial charge is 0.545 e. The predicted octanol–water partition coefficient (Wildman–Crippen LogP) is 17.7. The second kappa shape index (κ2) is 57.0.